The first-order valence-corrected chi connectivity index (χ1v) is 7.12. The Balaban J connectivity index is 2.20. The molecule has 0 radical (unpaired) electrons. The van der Waals surface area contributed by atoms with E-state index in [0.29, 0.717) is 0 Å². The average Bonchev–Trinajstić information content (AvgIpc) is 2.82. The van der Waals surface area contributed by atoms with Gasteiger partial charge in [-0.3, -0.25) is 0 Å². The van der Waals surface area contributed by atoms with Crippen LogP contribution in [0.2, 0.25) is 0 Å². The summed E-state index contributed by atoms with van der Waals surface area (Å²) in [5, 5.41) is 2.09. The third-order valence-electron chi connectivity index (χ3n) is 2.92. The van der Waals surface area contributed by atoms with Crippen LogP contribution >= 0.6 is 11.3 Å². The topological polar surface area (TPSA) is 35.2 Å². The minimum absolute atomic E-state index is 0.0681. The highest BCUT2D eigenvalue weighted by Gasteiger charge is 2.12. The summed E-state index contributed by atoms with van der Waals surface area (Å²) in [7, 11) is 0. The van der Waals surface area contributed by atoms with E-state index >= 15 is 0 Å². The smallest absolute Gasteiger partial charge is 0.119 e. The normalized spacial score (nSPS) is 12.4. The predicted molar refractivity (Wildman–Crippen MR) is 77.3 cm³/mol. The van der Waals surface area contributed by atoms with E-state index in [1.807, 2.05) is 18.2 Å². The second-order valence-electron chi connectivity index (χ2n) is 4.33. The van der Waals surface area contributed by atoms with Gasteiger partial charge in [0.05, 0.1) is 12.6 Å². The van der Waals surface area contributed by atoms with Gasteiger partial charge in [-0.25, -0.2) is 0 Å². The van der Waals surface area contributed by atoms with E-state index < -0.39 is 0 Å². The second-order valence-corrected chi connectivity index (χ2v) is 5.45. The lowest BCUT2D eigenvalue weighted by Gasteiger charge is -2.13. The second kappa shape index (κ2) is 6.03. The summed E-state index contributed by atoms with van der Waals surface area (Å²) in [5.74, 6) is 0.901. The molecule has 0 bridgehead atoms. The number of nitrogens with two attached hydrogens (primary N) is 1. The van der Waals surface area contributed by atoms with Crippen LogP contribution in [0.5, 0.6) is 5.75 Å². The van der Waals surface area contributed by atoms with Crippen LogP contribution in [0.25, 0.3) is 0 Å². The fourth-order valence-electron chi connectivity index (χ4n) is 1.91. The highest BCUT2D eigenvalue weighted by Crippen LogP contribution is 2.28. The van der Waals surface area contributed by atoms with Gasteiger partial charge in [0.1, 0.15) is 5.75 Å². The number of aryl methyl sites for hydroxylation is 1. The summed E-state index contributed by atoms with van der Waals surface area (Å²) in [6.07, 6.45) is 1.01. The summed E-state index contributed by atoms with van der Waals surface area (Å²) < 4.78 is 5.64. The molecule has 1 heterocycles. The molecule has 0 saturated heterocycles. The maximum Gasteiger partial charge on any atom is 0.119 e. The number of rotatable bonds is 5. The van der Waals surface area contributed by atoms with Gasteiger partial charge >= 0.3 is 0 Å². The van der Waals surface area contributed by atoms with Crippen molar-refractivity contribution in [2.24, 2.45) is 5.73 Å². The molecule has 2 nitrogen and oxygen atoms in total. The van der Waals surface area contributed by atoms with Gasteiger partial charge in [0.25, 0.3) is 0 Å². The number of thiophene rings is 1. The largest absolute Gasteiger partial charge is 0.494 e. The molecular weight excluding hydrogens is 242 g/mol. The molecule has 0 spiro atoms. The van der Waals surface area contributed by atoms with Crippen molar-refractivity contribution in [1.82, 2.24) is 0 Å². The van der Waals surface area contributed by atoms with Crippen LogP contribution in [0.3, 0.4) is 0 Å². The van der Waals surface area contributed by atoms with Crippen LogP contribution in [0.15, 0.2) is 35.7 Å². The van der Waals surface area contributed by atoms with E-state index in [1.54, 1.807) is 11.3 Å². The highest BCUT2D eigenvalue weighted by atomic mass is 32.1. The van der Waals surface area contributed by atoms with E-state index in [4.69, 9.17) is 10.5 Å². The van der Waals surface area contributed by atoms with Gasteiger partial charge in [0, 0.05) is 4.88 Å². The van der Waals surface area contributed by atoms with E-state index in [-0.39, 0.29) is 6.04 Å². The Morgan fingerprint density at radius 2 is 2.17 bits per heavy atom. The quantitative estimate of drug-likeness (QED) is 0.886. The molecule has 2 aromatic rings. The first kappa shape index (κ1) is 13.1. The van der Waals surface area contributed by atoms with Gasteiger partial charge in [0.15, 0.2) is 0 Å². The molecule has 1 aromatic carbocycles. The van der Waals surface area contributed by atoms with Crippen LogP contribution in [0.1, 0.15) is 35.4 Å². The van der Waals surface area contributed by atoms with Crippen molar-refractivity contribution < 1.29 is 4.74 Å². The zero-order valence-electron chi connectivity index (χ0n) is 10.8. The molecule has 2 rings (SSSR count). The van der Waals surface area contributed by atoms with Gasteiger partial charge in [0.2, 0.25) is 0 Å². The minimum atomic E-state index is -0.0681. The first-order valence-electron chi connectivity index (χ1n) is 6.24. The van der Waals surface area contributed by atoms with Crippen LogP contribution < -0.4 is 10.5 Å². The van der Waals surface area contributed by atoms with Crippen LogP contribution in [-0.2, 0) is 0 Å². The van der Waals surface area contributed by atoms with E-state index in [0.717, 1.165) is 24.3 Å². The summed E-state index contributed by atoms with van der Waals surface area (Å²) in [6.45, 7) is 4.96. The molecule has 2 N–H and O–H groups in total. The standard InChI is InChI=1S/C15H19NOS/c1-3-8-17-13-6-4-5-12(10-13)15(16)14-7-9-18-11(14)2/h4-7,9-10,15H,3,8,16H2,1-2H3. The van der Waals surface area contributed by atoms with Crippen LogP contribution in [0.4, 0.5) is 0 Å². The summed E-state index contributed by atoms with van der Waals surface area (Å²) >= 11 is 1.73. The molecule has 96 valence electrons. The molecule has 1 aromatic heterocycles. The molecule has 0 aliphatic rings. The fourth-order valence-corrected chi connectivity index (χ4v) is 2.66. The number of ether oxygens (including phenoxy) is 1. The van der Waals surface area contributed by atoms with Crippen molar-refractivity contribution in [3.05, 3.63) is 51.7 Å². The van der Waals surface area contributed by atoms with Crippen molar-refractivity contribution in [2.75, 3.05) is 6.61 Å². The molecule has 0 saturated carbocycles. The zero-order chi connectivity index (χ0) is 13.0. The number of hydrogen-bond acceptors (Lipinski definition) is 3. The molecule has 18 heavy (non-hydrogen) atoms. The average molecular weight is 261 g/mol. The monoisotopic (exact) mass is 261 g/mol. The SMILES string of the molecule is CCCOc1cccc(C(N)c2ccsc2C)c1. The maximum atomic E-state index is 6.31. The van der Waals surface area contributed by atoms with E-state index in [1.165, 1.54) is 10.4 Å². The molecule has 0 fully saturated rings. The lowest BCUT2D eigenvalue weighted by molar-refractivity contribution is 0.317. The predicted octanol–water partition coefficient (Wildman–Crippen LogP) is 3.89. The Kier molecular flexibility index (Phi) is 4.39. The van der Waals surface area contributed by atoms with Crippen LogP contribution in [0, 0.1) is 6.92 Å². The van der Waals surface area contributed by atoms with Crippen molar-refractivity contribution in [1.29, 1.82) is 0 Å². The highest BCUT2D eigenvalue weighted by molar-refractivity contribution is 7.10. The summed E-state index contributed by atoms with van der Waals surface area (Å²) in [6, 6.07) is 10.1. The Hall–Kier alpha value is -1.32. The van der Waals surface area contributed by atoms with Gasteiger partial charge < -0.3 is 10.5 Å². The zero-order valence-corrected chi connectivity index (χ0v) is 11.7. The molecular formula is C15H19NOS. The van der Waals surface area contributed by atoms with E-state index in [9.17, 15) is 0 Å². The Labute approximate surface area is 112 Å². The third-order valence-corrected chi connectivity index (χ3v) is 3.79. The van der Waals surface area contributed by atoms with Crippen molar-refractivity contribution in [3.8, 4) is 5.75 Å². The molecule has 0 amide bonds. The molecule has 3 heteroatoms. The molecule has 1 atom stereocenters. The lowest BCUT2D eigenvalue weighted by atomic mass is 10.0. The first-order chi connectivity index (χ1) is 8.72. The summed E-state index contributed by atoms with van der Waals surface area (Å²) in [4.78, 5) is 1.28. The minimum Gasteiger partial charge on any atom is -0.494 e. The van der Waals surface area contributed by atoms with Crippen molar-refractivity contribution in [2.45, 2.75) is 26.3 Å². The lowest BCUT2D eigenvalue weighted by Crippen LogP contribution is -2.12. The van der Waals surface area contributed by atoms with E-state index in [2.05, 4.69) is 31.4 Å². The van der Waals surface area contributed by atoms with Gasteiger partial charge in [-0.15, -0.1) is 11.3 Å². The summed E-state index contributed by atoms with van der Waals surface area (Å²) in [5.41, 5.74) is 8.61. The maximum absolute atomic E-state index is 6.31. The van der Waals surface area contributed by atoms with Crippen molar-refractivity contribution >= 4 is 11.3 Å². The molecule has 0 aliphatic heterocycles. The van der Waals surface area contributed by atoms with Gasteiger partial charge in [-0.1, -0.05) is 19.1 Å². The third kappa shape index (κ3) is 2.92. The Morgan fingerprint density at radius 1 is 1.33 bits per heavy atom. The van der Waals surface area contributed by atoms with Gasteiger partial charge in [-0.05, 0) is 48.1 Å². The molecule has 1 unspecified atom stereocenters. The fraction of sp³-hybridized carbons (Fsp3) is 0.333. The van der Waals surface area contributed by atoms with Crippen LogP contribution in [-0.4, -0.2) is 6.61 Å². The van der Waals surface area contributed by atoms with Crippen molar-refractivity contribution in [3.63, 3.8) is 0 Å². The number of benzene rings is 1. The number of hydrogen-bond donors (Lipinski definition) is 1. The molecule has 0 aliphatic carbocycles. The Morgan fingerprint density at radius 3 is 2.83 bits per heavy atom. The van der Waals surface area contributed by atoms with Gasteiger partial charge in [-0.2, -0.15) is 0 Å². The Bertz CT molecular complexity index is 507.